The van der Waals surface area contributed by atoms with Crippen molar-refractivity contribution in [3.05, 3.63) is 58.3 Å². The minimum absolute atomic E-state index is 0.244. The molecular formula is C25H27NO4S2. The highest BCUT2D eigenvalue weighted by atomic mass is 32.1. The van der Waals surface area contributed by atoms with Crippen LogP contribution in [0.3, 0.4) is 0 Å². The van der Waals surface area contributed by atoms with E-state index in [4.69, 9.17) is 9.47 Å². The van der Waals surface area contributed by atoms with Gasteiger partial charge in [-0.05, 0) is 73.8 Å². The van der Waals surface area contributed by atoms with Crippen LogP contribution in [0.4, 0.5) is 4.79 Å². The zero-order valence-electron chi connectivity index (χ0n) is 18.7. The summed E-state index contributed by atoms with van der Waals surface area (Å²) in [6.45, 7) is 7.41. The second-order valence-electron chi connectivity index (χ2n) is 8.90. The summed E-state index contributed by atoms with van der Waals surface area (Å²) < 4.78 is 10.9. The zero-order chi connectivity index (χ0) is 22.9. The molecule has 3 aromatic rings. The number of benzene rings is 1. The molecule has 2 aromatic heterocycles. The SMILES string of the molecule is CCOC(=O)C1(NC(=O)OC(C)(C)C)Cc2cc(-c3cccs3)c(-c3cccs3)cc2C1. The summed E-state index contributed by atoms with van der Waals surface area (Å²) in [6.07, 6.45) is 0.114. The third-order valence-electron chi connectivity index (χ3n) is 5.30. The number of hydrogen-bond donors (Lipinski definition) is 1. The van der Waals surface area contributed by atoms with E-state index in [2.05, 4.69) is 40.3 Å². The van der Waals surface area contributed by atoms with Crippen molar-refractivity contribution in [2.24, 2.45) is 0 Å². The number of hydrogen-bond acceptors (Lipinski definition) is 6. The molecule has 0 unspecified atom stereocenters. The van der Waals surface area contributed by atoms with Crippen LogP contribution in [0.1, 0.15) is 38.8 Å². The van der Waals surface area contributed by atoms with Crippen LogP contribution < -0.4 is 5.32 Å². The van der Waals surface area contributed by atoms with Crippen molar-refractivity contribution in [3.8, 4) is 20.9 Å². The molecule has 0 saturated heterocycles. The van der Waals surface area contributed by atoms with E-state index in [9.17, 15) is 9.59 Å². The average Bonchev–Trinajstić information content (AvgIpc) is 3.45. The van der Waals surface area contributed by atoms with Crippen LogP contribution in [-0.4, -0.2) is 29.8 Å². The van der Waals surface area contributed by atoms with E-state index in [1.54, 1.807) is 50.4 Å². The molecule has 0 saturated carbocycles. The number of carbonyl (C=O) groups is 2. The van der Waals surface area contributed by atoms with Crippen LogP contribution in [0, 0.1) is 0 Å². The van der Waals surface area contributed by atoms with Crippen molar-refractivity contribution in [2.45, 2.75) is 51.7 Å². The Balaban J connectivity index is 1.75. The van der Waals surface area contributed by atoms with Crippen LogP contribution in [0.15, 0.2) is 47.2 Å². The molecule has 1 amide bonds. The summed E-state index contributed by atoms with van der Waals surface area (Å²) >= 11 is 3.37. The van der Waals surface area contributed by atoms with Crippen LogP contribution in [-0.2, 0) is 27.1 Å². The lowest BCUT2D eigenvalue weighted by Gasteiger charge is -2.29. The first-order valence-corrected chi connectivity index (χ1v) is 12.4. The minimum atomic E-state index is -1.18. The lowest BCUT2D eigenvalue weighted by atomic mass is 9.96. The van der Waals surface area contributed by atoms with Crippen molar-refractivity contribution in [1.82, 2.24) is 5.32 Å². The van der Waals surface area contributed by atoms with Gasteiger partial charge in [-0.15, -0.1) is 22.7 Å². The summed E-state index contributed by atoms with van der Waals surface area (Å²) in [4.78, 5) is 28.1. The number of ether oxygens (including phenoxy) is 2. The van der Waals surface area contributed by atoms with Crippen LogP contribution in [0.25, 0.3) is 20.9 Å². The summed E-state index contributed by atoms with van der Waals surface area (Å²) in [5, 5.41) is 6.98. The second-order valence-corrected chi connectivity index (χ2v) is 10.8. The van der Waals surface area contributed by atoms with E-state index < -0.39 is 23.2 Å². The third kappa shape index (κ3) is 4.59. The molecule has 1 aliphatic rings. The second kappa shape index (κ2) is 8.71. The first-order valence-electron chi connectivity index (χ1n) is 10.6. The van der Waals surface area contributed by atoms with Gasteiger partial charge in [0.05, 0.1) is 6.61 Å². The van der Waals surface area contributed by atoms with Gasteiger partial charge in [-0.3, -0.25) is 0 Å². The number of nitrogens with one attached hydrogen (secondary N) is 1. The van der Waals surface area contributed by atoms with Gasteiger partial charge in [-0.1, -0.05) is 12.1 Å². The Morgan fingerprint density at radius 2 is 1.53 bits per heavy atom. The van der Waals surface area contributed by atoms with Crippen molar-refractivity contribution >= 4 is 34.7 Å². The van der Waals surface area contributed by atoms with Crippen molar-refractivity contribution < 1.29 is 19.1 Å². The fraction of sp³-hybridized carbons (Fsp3) is 0.360. The van der Waals surface area contributed by atoms with Crippen LogP contribution in [0.2, 0.25) is 0 Å². The maximum atomic E-state index is 13.1. The summed E-state index contributed by atoms with van der Waals surface area (Å²) in [5.74, 6) is -0.433. The molecule has 0 radical (unpaired) electrons. The molecule has 0 fully saturated rings. The number of amides is 1. The van der Waals surface area contributed by atoms with E-state index >= 15 is 0 Å². The molecule has 1 N–H and O–H groups in total. The van der Waals surface area contributed by atoms with E-state index in [-0.39, 0.29) is 6.61 Å². The molecule has 32 heavy (non-hydrogen) atoms. The zero-order valence-corrected chi connectivity index (χ0v) is 20.3. The quantitative estimate of drug-likeness (QED) is 0.461. The topological polar surface area (TPSA) is 64.6 Å². The number of carbonyl (C=O) groups excluding carboxylic acids is 2. The maximum absolute atomic E-state index is 13.1. The number of esters is 1. The molecule has 168 valence electrons. The van der Waals surface area contributed by atoms with E-state index in [1.165, 1.54) is 9.75 Å². The van der Waals surface area contributed by atoms with Crippen LogP contribution >= 0.6 is 22.7 Å². The first-order chi connectivity index (χ1) is 15.2. The Hall–Kier alpha value is -2.64. The van der Waals surface area contributed by atoms with Gasteiger partial charge in [0, 0.05) is 33.7 Å². The average molecular weight is 470 g/mol. The van der Waals surface area contributed by atoms with Gasteiger partial charge in [-0.25, -0.2) is 9.59 Å². The van der Waals surface area contributed by atoms with Crippen molar-refractivity contribution in [2.75, 3.05) is 6.61 Å². The summed E-state index contributed by atoms with van der Waals surface area (Å²) in [6, 6.07) is 12.6. The number of rotatable bonds is 5. The van der Waals surface area contributed by atoms with Crippen molar-refractivity contribution in [1.29, 1.82) is 0 Å². The molecule has 0 aliphatic heterocycles. The lowest BCUT2D eigenvalue weighted by Crippen LogP contribution is -2.57. The van der Waals surface area contributed by atoms with Crippen LogP contribution in [0.5, 0.6) is 0 Å². The normalized spacial score (nSPS) is 14.6. The van der Waals surface area contributed by atoms with E-state index in [0.29, 0.717) is 12.8 Å². The lowest BCUT2D eigenvalue weighted by molar-refractivity contribution is -0.150. The highest BCUT2D eigenvalue weighted by Crippen LogP contribution is 2.42. The molecular weight excluding hydrogens is 442 g/mol. The highest BCUT2D eigenvalue weighted by molar-refractivity contribution is 7.14. The van der Waals surface area contributed by atoms with Gasteiger partial charge in [0.25, 0.3) is 0 Å². The smallest absolute Gasteiger partial charge is 0.408 e. The molecule has 5 nitrogen and oxygen atoms in total. The van der Waals surface area contributed by atoms with Gasteiger partial charge in [-0.2, -0.15) is 0 Å². The fourth-order valence-corrected chi connectivity index (χ4v) is 5.57. The van der Waals surface area contributed by atoms with Gasteiger partial charge in [0.1, 0.15) is 11.1 Å². The molecule has 2 heterocycles. The number of thiophene rings is 2. The Bertz CT molecular complexity index is 1050. The third-order valence-corrected chi connectivity index (χ3v) is 7.11. The minimum Gasteiger partial charge on any atom is -0.464 e. The molecule has 7 heteroatoms. The Morgan fingerprint density at radius 1 is 1.00 bits per heavy atom. The molecule has 1 aromatic carbocycles. The monoisotopic (exact) mass is 469 g/mol. The van der Waals surface area contributed by atoms with Gasteiger partial charge in [0.15, 0.2) is 0 Å². The number of alkyl carbamates (subject to hydrolysis) is 1. The predicted molar refractivity (Wildman–Crippen MR) is 129 cm³/mol. The Kier molecular flexibility index (Phi) is 6.14. The number of fused-ring (bicyclic) bond motifs is 1. The largest absolute Gasteiger partial charge is 0.464 e. The predicted octanol–water partition coefficient (Wildman–Crippen LogP) is 6.07. The molecule has 4 rings (SSSR count). The van der Waals surface area contributed by atoms with Crippen molar-refractivity contribution in [3.63, 3.8) is 0 Å². The van der Waals surface area contributed by atoms with Gasteiger partial charge < -0.3 is 14.8 Å². The van der Waals surface area contributed by atoms with Gasteiger partial charge >= 0.3 is 12.1 Å². The summed E-state index contributed by atoms with van der Waals surface area (Å²) in [7, 11) is 0. The standard InChI is InChI=1S/C25H27NO4S2/c1-5-29-22(27)25(26-23(28)30-24(2,3)4)14-16-12-18(20-8-6-10-31-20)19(13-17(16)15-25)21-9-7-11-32-21/h6-13H,5,14-15H2,1-4H3,(H,26,28). The molecule has 1 aliphatic carbocycles. The highest BCUT2D eigenvalue weighted by Gasteiger charge is 2.47. The Labute approximate surface area is 196 Å². The molecule has 0 bridgehead atoms. The molecule has 0 spiro atoms. The fourth-order valence-electron chi connectivity index (χ4n) is 4.05. The Morgan fingerprint density at radius 3 is 1.94 bits per heavy atom. The maximum Gasteiger partial charge on any atom is 0.408 e. The first kappa shape index (κ1) is 22.6. The summed E-state index contributed by atoms with van der Waals surface area (Å²) in [5.41, 5.74) is 2.51. The van der Waals surface area contributed by atoms with E-state index in [1.807, 2.05) is 12.1 Å². The molecule has 0 atom stereocenters. The van der Waals surface area contributed by atoms with Gasteiger partial charge in [0.2, 0.25) is 0 Å². The van der Waals surface area contributed by atoms with E-state index in [0.717, 1.165) is 22.3 Å².